The summed E-state index contributed by atoms with van der Waals surface area (Å²) < 4.78 is 12.7. The summed E-state index contributed by atoms with van der Waals surface area (Å²) in [5.74, 6) is 2.24. The Morgan fingerprint density at radius 2 is 1.96 bits per heavy atom. The van der Waals surface area contributed by atoms with Crippen molar-refractivity contribution in [3.63, 3.8) is 0 Å². The Bertz CT molecular complexity index is 1140. The lowest BCUT2D eigenvalue weighted by Gasteiger charge is -2.08. The molecule has 0 atom stereocenters. The van der Waals surface area contributed by atoms with Gasteiger partial charge in [-0.3, -0.25) is 0 Å². The van der Waals surface area contributed by atoms with E-state index in [1.54, 1.807) is 6.20 Å². The highest BCUT2D eigenvalue weighted by Crippen LogP contribution is 2.35. The number of anilines is 1. The van der Waals surface area contributed by atoms with E-state index in [0.717, 1.165) is 44.8 Å². The fourth-order valence-electron chi connectivity index (χ4n) is 3.06. The van der Waals surface area contributed by atoms with Crippen LogP contribution in [0.25, 0.3) is 16.9 Å². The van der Waals surface area contributed by atoms with Crippen molar-refractivity contribution < 1.29 is 9.47 Å². The number of halogens is 1. The van der Waals surface area contributed by atoms with E-state index in [1.165, 1.54) is 0 Å². The number of benzene rings is 2. The van der Waals surface area contributed by atoms with Crippen molar-refractivity contribution >= 4 is 23.1 Å². The number of rotatable bonds is 4. The molecule has 1 aliphatic heterocycles. The molecule has 6 nitrogen and oxygen atoms in total. The van der Waals surface area contributed by atoms with Gasteiger partial charge in [0.15, 0.2) is 17.1 Å². The zero-order chi connectivity index (χ0) is 18.2. The number of imidazole rings is 1. The second kappa shape index (κ2) is 6.48. The van der Waals surface area contributed by atoms with Gasteiger partial charge in [0, 0.05) is 17.1 Å². The van der Waals surface area contributed by atoms with Crippen LogP contribution >= 0.6 is 11.6 Å². The molecule has 2 aromatic carbocycles. The number of nitrogens with zero attached hydrogens (tertiary/aromatic N) is 3. The van der Waals surface area contributed by atoms with Crippen molar-refractivity contribution in [2.45, 2.75) is 6.54 Å². The molecule has 0 amide bonds. The number of ether oxygens (including phenoxy) is 2. The lowest BCUT2D eigenvalue weighted by Crippen LogP contribution is -2.04. The van der Waals surface area contributed by atoms with Crippen molar-refractivity contribution in [3.8, 4) is 22.8 Å². The molecule has 0 unspecified atom stereocenters. The fraction of sp³-hybridized carbons (Fsp3) is 0.100. The summed E-state index contributed by atoms with van der Waals surface area (Å²) >= 11 is 6.04. The van der Waals surface area contributed by atoms with Gasteiger partial charge in [-0.15, -0.1) is 5.10 Å². The number of nitrogens with one attached hydrogen (secondary N) is 1. The summed E-state index contributed by atoms with van der Waals surface area (Å²) in [5, 5.41) is 8.73. The summed E-state index contributed by atoms with van der Waals surface area (Å²) in [6, 6.07) is 17.4. The van der Waals surface area contributed by atoms with Gasteiger partial charge in [0.25, 0.3) is 0 Å². The first kappa shape index (κ1) is 16.0. The maximum atomic E-state index is 6.04. The molecule has 1 N–H and O–H groups in total. The molecule has 0 fully saturated rings. The molecule has 0 spiro atoms. The van der Waals surface area contributed by atoms with Gasteiger partial charge in [-0.1, -0.05) is 23.7 Å². The molecule has 134 valence electrons. The molecular formula is C20H15ClN4O2. The van der Waals surface area contributed by atoms with Crippen molar-refractivity contribution in [1.82, 2.24) is 14.6 Å². The van der Waals surface area contributed by atoms with E-state index in [2.05, 4.69) is 15.4 Å². The van der Waals surface area contributed by atoms with Crippen molar-refractivity contribution in [3.05, 3.63) is 71.4 Å². The SMILES string of the molecule is Clc1cccc(CNc2ccc3ncc(-c4ccc5c(c4)OCO5)n3n2)c1. The van der Waals surface area contributed by atoms with Crippen LogP contribution in [0, 0.1) is 0 Å². The lowest BCUT2D eigenvalue weighted by atomic mass is 10.1. The van der Waals surface area contributed by atoms with Crippen molar-refractivity contribution in [2.24, 2.45) is 0 Å². The van der Waals surface area contributed by atoms with Crippen molar-refractivity contribution in [1.29, 1.82) is 0 Å². The predicted octanol–water partition coefficient (Wildman–Crippen LogP) is 4.39. The smallest absolute Gasteiger partial charge is 0.231 e. The van der Waals surface area contributed by atoms with E-state index in [0.29, 0.717) is 6.54 Å². The van der Waals surface area contributed by atoms with Crippen LogP contribution in [-0.2, 0) is 6.54 Å². The maximum Gasteiger partial charge on any atom is 0.231 e. The highest BCUT2D eigenvalue weighted by molar-refractivity contribution is 6.30. The molecule has 2 aromatic heterocycles. The van der Waals surface area contributed by atoms with E-state index in [4.69, 9.17) is 21.1 Å². The Hall–Kier alpha value is -3.25. The van der Waals surface area contributed by atoms with Crippen LogP contribution in [0.2, 0.25) is 5.02 Å². The number of fused-ring (bicyclic) bond motifs is 2. The molecule has 27 heavy (non-hydrogen) atoms. The van der Waals surface area contributed by atoms with Crippen LogP contribution in [0.4, 0.5) is 5.82 Å². The van der Waals surface area contributed by atoms with Crippen LogP contribution in [0.15, 0.2) is 60.8 Å². The molecule has 7 heteroatoms. The highest BCUT2D eigenvalue weighted by atomic mass is 35.5. The van der Waals surface area contributed by atoms with E-state index in [-0.39, 0.29) is 6.79 Å². The minimum atomic E-state index is 0.252. The third-order valence-electron chi connectivity index (χ3n) is 4.39. The van der Waals surface area contributed by atoms with Crippen LogP contribution < -0.4 is 14.8 Å². The van der Waals surface area contributed by atoms with Gasteiger partial charge in [-0.2, -0.15) is 0 Å². The summed E-state index contributed by atoms with van der Waals surface area (Å²) in [4.78, 5) is 4.44. The van der Waals surface area contributed by atoms with E-state index in [1.807, 2.05) is 59.1 Å². The van der Waals surface area contributed by atoms with Gasteiger partial charge in [0.05, 0.1) is 11.9 Å². The third-order valence-corrected chi connectivity index (χ3v) is 4.63. The third kappa shape index (κ3) is 3.04. The first-order valence-electron chi connectivity index (χ1n) is 8.49. The van der Waals surface area contributed by atoms with Gasteiger partial charge in [0.1, 0.15) is 5.82 Å². The Morgan fingerprint density at radius 3 is 2.89 bits per heavy atom. The van der Waals surface area contributed by atoms with Crippen LogP contribution in [0.1, 0.15) is 5.56 Å². The lowest BCUT2D eigenvalue weighted by molar-refractivity contribution is 0.174. The largest absolute Gasteiger partial charge is 0.454 e. The molecule has 0 aliphatic carbocycles. The van der Waals surface area contributed by atoms with Crippen LogP contribution in [0.3, 0.4) is 0 Å². The zero-order valence-electron chi connectivity index (χ0n) is 14.2. The van der Waals surface area contributed by atoms with E-state index < -0.39 is 0 Å². The summed E-state index contributed by atoms with van der Waals surface area (Å²) in [7, 11) is 0. The van der Waals surface area contributed by atoms with Gasteiger partial charge < -0.3 is 14.8 Å². The molecule has 0 radical (unpaired) electrons. The summed E-state index contributed by atoms with van der Waals surface area (Å²) in [5.41, 5.74) is 3.71. The summed E-state index contributed by atoms with van der Waals surface area (Å²) in [6.07, 6.45) is 1.81. The summed E-state index contributed by atoms with van der Waals surface area (Å²) in [6.45, 7) is 0.884. The number of hydrogen-bond acceptors (Lipinski definition) is 5. The molecular weight excluding hydrogens is 364 g/mol. The minimum absolute atomic E-state index is 0.252. The van der Waals surface area contributed by atoms with Crippen molar-refractivity contribution in [2.75, 3.05) is 12.1 Å². The topological polar surface area (TPSA) is 60.7 Å². The number of hydrogen-bond donors (Lipinski definition) is 1. The van der Waals surface area contributed by atoms with Gasteiger partial charge in [-0.05, 0) is 48.0 Å². The Kier molecular flexibility index (Phi) is 3.83. The maximum absolute atomic E-state index is 6.04. The highest BCUT2D eigenvalue weighted by Gasteiger charge is 2.16. The first-order valence-corrected chi connectivity index (χ1v) is 8.87. The molecule has 4 aromatic rings. The normalized spacial score (nSPS) is 12.5. The minimum Gasteiger partial charge on any atom is -0.454 e. The molecule has 0 saturated heterocycles. The van der Waals surface area contributed by atoms with Gasteiger partial charge >= 0.3 is 0 Å². The van der Waals surface area contributed by atoms with E-state index >= 15 is 0 Å². The molecule has 3 heterocycles. The Morgan fingerprint density at radius 1 is 1.04 bits per heavy atom. The monoisotopic (exact) mass is 378 g/mol. The molecule has 0 bridgehead atoms. The standard InChI is InChI=1S/C20H15ClN4O2/c21-15-3-1-2-13(8-15)10-22-19-6-7-20-23-11-16(25(20)24-19)14-4-5-17-18(9-14)27-12-26-17/h1-9,11H,10,12H2,(H,22,24). The number of aromatic nitrogens is 3. The predicted molar refractivity (Wildman–Crippen MR) is 103 cm³/mol. The molecule has 1 aliphatic rings. The quantitative estimate of drug-likeness (QED) is 0.570. The van der Waals surface area contributed by atoms with E-state index in [9.17, 15) is 0 Å². The van der Waals surface area contributed by atoms with Gasteiger partial charge in [0.2, 0.25) is 6.79 Å². The Labute approximate surface area is 160 Å². The van der Waals surface area contributed by atoms with Crippen LogP contribution in [0.5, 0.6) is 11.5 Å². The molecule has 0 saturated carbocycles. The average molecular weight is 379 g/mol. The second-order valence-electron chi connectivity index (χ2n) is 6.18. The fourth-order valence-corrected chi connectivity index (χ4v) is 3.27. The second-order valence-corrected chi connectivity index (χ2v) is 6.62. The van der Waals surface area contributed by atoms with Gasteiger partial charge in [-0.25, -0.2) is 9.50 Å². The van der Waals surface area contributed by atoms with Crippen LogP contribution in [-0.4, -0.2) is 21.4 Å². The zero-order valence-corrected chi connectivity index (χ0v) is 15.0. The molecule has 5 rings (SSSR count). The Balaban J connectivity index is 1.45. The first-order chi connectivity index (χ1) is 13.3. The average Bonchev–Trinajstić information content (AvgIpc) is 3.32.